The fourth-order valence-electron chi connectivity index (χ4n) is 0.781. The molecule has 1 aromatic rings. The first-order valence-corrected chi connectivity index (χ1v) is 3.52. The zero-order chi connectivity index (χ0) is 8.97. The summed E-state index contributed by atoms with van der Waals surface area (Å²) in [5.74, 6) is 5.24. The third kappa shape index (κ3) is 1.76. The van der Waals surface area contributed by atoms with Gasteiger partial charge in [-0.15, -0.1) is 5.10 Å². The number of tetrazole rings is 1. The highest BCUT2D eigenvalue weighted by atomic mass is 16.2. The zero-order valence-electron chi connectivity index (χ0n) is 6.69. The molecule has 0 aliphatic carbocycles. The number of carbonyl (C=O) groups is 1. The second-order valence-electron chi connectivity index (χ2n) is 2.17. The van der Waals surface area contributed by atoms with E-state index in [4.69, 9.17) is 5.84 Å². The molecular weight excluding hydrogens is 160 g/mol. The van der Waals surface area contributed by atoms with Gasteiger partial charge in [0.1, 0.15) is 6.54 Å². The Morgan fingerprint density at radius 3 is 3.08 bits per heavy atom. The lowest BCUT2D eigenvalue weighted by atomic mass is 10.4. The van der Waals surface area contributed by atoms with E-state index in [1.54, 1.807) is 0 Å². The summed E-state index contributed by atoms with van der Waals surface area (Å²) in [5.41, 5.74) is 2.00. The molecule has 0 spiro atoms. The Balaban J connectivity index is 2.68. The first-order chi connectivity index (χ1) is 5.77. The van der Waals surface area contributed by atoms with Crippen molar-refractivity contribution < 1.29 is 4.79 Å². The van der Waals surface area contributed by atoms with Gasteiger partial charge < -0.3 is 0 Å². The molecular formula is C5H10N6O. The molecule has 0 aliphatic heterocycles. The van der Waals surface area contributed by atoms with E-state index in [1.807, 2.05) is 12.3 Å². The third-order valence-corrected chi connectivity index (χ3v) is 1.38. The van der Waals surface area contributed by atoms with E-state index in [-0.39, 0.29) is 12.5 Å². The van der Waals surface area contributed by atoms with E-state index in [9.17, 15) is 4.79 Å². The summed E-state index contributed by atoms with van der Waals surface area (Å²) in [6.07, 6.45) is 0.685. The molecule has 1 aromatic heterocycles. The molecule has 0 saturated carbocycles. The predicted octanol–water partition coefficient (Wildman–Crippen LogP) is -1.77. The van der Waals surface area contributed by atoms with Crippen LogP contribution in [-0.4, -0.2) is 26.1 Å². The van der Waals surface area contributed by atoms with Crippen LogP contribution >= 0.6 is 0 Å². The van der Waals surface area contributed by atoms with Crippen LogP contribution in [0.1, 0.15) is 12.7 Å². The third-order valence-electron chi connectivity index (χ3n) is 1.38. The van der Waals surface area contributed by atoms with Crippen LogP contribution in [0, 0.1) is 0 Å². The fraction of sp³-hybridized carbons (Fsp3) is 0.600. The van der Waals surface area contributed by atoms with Gasteiger partial charge in [0.25, 0.3) is 5.91 Å². The Morgan fingerprint density at radius 1 is 1.75 bits per heavy atom. The highest BCUT2D eigenvalue weighted by molar-refractivity contribution is 5.74. The van der Waals surface area contributed by atoms with Crippen LogP contribution in [0.15, 0.2) is 0 Å². The Hall–Kier alpha value is -1.50. The summed E-state index contributed by atoms with van der Waals surface area (Å²) in [7, 11) is 0. The normalized spacial score (nSPS) is 9.83. The van der Waals surface area contributed by atoms with Crippen LogP contribution in [0.4, 0.5) is 0 Å². The van der Waals surface area contributed by atoms with Crippen molar-refractivity contribution >= 4 is 5.91 Å². The molecule has 1 rings (SSSR count). The standard InChI is InChI=1S/C5H10N6O/c1-2-4-8-9-10-11(4)3-5(12)7-6/h2-3,6H2,1H3,(H,7,12). The Morgan fingerprint density at radius 2 is 2.50 bits per heavy atom. The largest absolute Gasteiger partial charge is 0.293 e. The summed E-state index contributed by atoms with van der Waals surface area (Å²) < 4.78 is 1.40. The molecule has 66 valence electrons. The first kappa shape index (κ1) is 8.60. The Bertz CT molecular complexity index is 269. The van der Waals surface area contributed by atoms with Crippen molar-refractivity contribution in [3.8, 4) is 0 Å². The average Bonchev–Trinajstić information content (AvgIpc) is 2.51. The highest BCUT2D eigenvalue weighted by Crippen LogP contribution is 1.91. The van der Waals surface area contributed by atoms with Crippen molar-refractivity contribution in [2.45, 2.75) is 19.9 Å². The summed E-state index contributed by atoms with van der Waals surface area (Å²) in [5, 5.41) is 10.7. The van der Waals surface area contributed by atoms with Gasteiger partial charge in [-0.1, -0.05) is 6.92 Å². The van der Waals surface area contributed by atoms with Crippen LogP contribution in [0.25, 0.3) is 0 Å². The molecule has 0 fully saturated rings. The number of nitrogens with two attached hydrogens (primary N) is 1. The van der Waals surface area contributed by atoms with Crippen LogP contribution < -0.4 is 11.3 Å². The van der Waals surface area contributed by atoms with Gasteiger partial charge in [0.05, 0.1) is 0 Å². The molecule has 0 bridgehead atoms. The summed E-state index contributed by atoms with van der Waals surface area (Å²) in [4.78, 5) is 10.8. The van der Waals surface area contributed by atoms with E-state index >= 15 is 0 Å². The van der Waals surface area contributed by atoms with Crippen LogP contribution in [0.5, 0.6) is 0 Å². The molecule has 0 atom stereocenters. The van der Waals surface area contributed by atoms with Gasteiger partial charge >= 0.3 is 0 Å². The number of amides is 1. The van der Waals surface area contributed by atoms with Gasteiger partial charge in [-0.3, -0.25) is 10.2 Å². The minimum atomic E-state index is -0.322. The van der Waals surface area contributed by atoms with Gasteiger partial charge in [0, 0.05) is 6.42 Å². The first-order valence-electron chi connectivity index (χ1n) is 3.52. The average molecular weight is 170 g/mol. The maximum absolute atomic E-state index is 10.8. The Labute approximate surface area is 68.9 Å². The van der Waals surface area contributed by atoms with E-state index < -0.39 is 0 Å². The monoisotopic (exact) mass is 170 g/mol. The molecule has 0 saturated heterocycles. The maximum atomic E-state index is 10.8. The highest BCUT2D eigenvalue weighted by Gasteiger charge is 2.06. The molecule has 0 radical (unpaired) electrons. The lowest BCUT2D eigenvalue weighted by Gasteiger charge is -2.00. The Kier molecular flexibility index (Phi) is 2.70. The van der Waals surface area contributed by atoms with Crippen molar-refractivity contribution in [2.75, 3.05) is 0 Å². The summed E-state index contributed by atoms with van der Waals surface area (Å²) in [6.45, 7) is 1.97. The number of hydrogen-bond donors (Lipinski definition) is 2. The molecule has 3 N–H and O–H groups in total. The molecule has 0 aromatic carbocycles. The fourth-order valence-corrected chi connectivity index (χ4v) is 0.781. The van der Waals surface area contributed by atoms with Crippen molar-refractivity contribution in [2.24, 2.45) is 5.84 Å². The molecule has 0 aliphatic rings. The smallest absolute Gasteiger partial charge is 0.255 e. The molecule has 1 heterocycles. The number of nitrogens with zero attached hydrogens (tertiary/aromatic N) is 4. The molecule has 12 heavy (non-hydrogen) atoms. The van der Waals surface area contributed by atoms with Crippen LogP contribution in [0.2, 0.25) is 0 Å². The van der Waals surface area contributed by atoms with Crippen molar-refractivity contribution in [1.29, 1.82) is 0 Å². The van der Waals surface area contributed by atoms with Gasteiger partial charge in [-0.05, 0) is 10.4 Å². The topological polar surface area (TPSA) is 98.7 Å². The van der Waals surface area contributed by atoms with Crippen molar-refractivity contribution in [1.82, 2.24) is 25.6 Å². The lowest BCUT2D eigenvalue weighted by Crippen LogP contribution is -2.33. The van der Waals surface area contributed by atoms with Crippen LogP contribution in [-0.2, 0) is 17.8 Å². The van der Waals surface area contributed by atoms with E-state index in [0.717, 1.165) is 0 Å². The number of hydrazine groups is 1. The second-order valence-corrected chi connectivity index (χ2v) is 2.17. The molecule has 1 amide bonds. The number of carbonyl (C=O) groups excluding carboxylic acids is 1. The van der Waals surface area contributed by atoms with E-state index in [0.29, 0.717) is 12.2 Å². The zero-order valence-corrected chi connectivity index (χ0v) is 6.69. The van der Waals surface area contributed by atoms with Gasteiger partial charge in [0.2, 0.25) is 0 Å². The quantitative estimate of drug-likeness (QED) is 0.317. The number of nitrogens with one attached hydrogen (secondary N) is 1. The number of hydrogen-bond acceptors (Lipinski definition) is 5. The van der Waals surface area contributed by atoms with Gasteiger partial charge in [0.15, 0.2) is 5.82 Å². The molecule has 7 nitrogen and oxygen atoms in total. The minimum Gasteiger partial charge on any atom is -0.293 e. The summed E-state index contributed by atoms with van der Waals surface area (Å²) >= 11 is 0. The SMILES string of the molecule is CCc1nnnn1CC(=O)NN. The van der Waals surface area contributed by atoms with Gasteiger partial charge in [-0.25, -0.2) is 10.5 Å². The molecule has 0 unspecified atom stereocenters. The number of rotatable bonds is 3. The van der Waals surface area contributed by atoms with E-state index in [2.05, 4.69) is 15.5 Å². The van der Waals surface area contributed by atoms with Gasteiger partial charge in [-0.2, -0.15) is 0 Å². The van der Waals surface area contributed by atoms with Crippen molar-refractivity contribution in [3.05, 3.63) is 5.82 Å². The number of aryl methyl sites for hydroxylation is 1. The maximum Gasteiger partial charge on any atom is 0.255 e. The predicted molar refractivity (Wildman–Crippen MR) is 39.5 cm³/mol. The second kappa shape index (κ2) is 3.77. The number of aromatic nitrogens is 4. The van der Waals surface area contributed by atoms with Crippen LogP contribution in [0.3, 0.4) is 0 Å². The summed E-state index contributed by atoms with van der Waals surface area (Å²) in [6, 6.07) is 0. The molecule has 7 heteroatoms. The van der Waals surface area contributed by atoms with E-state index in [1.165, 1.54) is 4.68 Å². The van der Waals surface area contributed by atoms with Crippen molar-refractivity contribution in [3.63, 3.8) is 0 Å². The minimum absolute atomic E-state index is 0.0622. The lowest BCUT2D eigenvalue weighted by molar-refractivity contribution is -0.121.